The number of hydrogen-bond donors (Lipinski definition) is 2. The van der Waals surface area contributed by atoms with Gasteiger partial charge in [0.05, 0.1) is 36.6 Å². The fraction of sp³-hybridized carbons (Fsp3) is 0.931. The van der Waals surface area contributed by atoms with E-state index in [1.165, 1.54) is 21.0 Å². The molecule has 43 heavy (non-hydrogen) atoms. The van der Waals surface area contributed by atoms with E-state index in [9.17, 15) is 19.8 Å². The molecule has 0 spiro atoms. The Balaban J connectivity index is 1.28. The maximum atomic E-state index is 11.9. The standard InChI is InChI=1S/C29H48O14/c1-14-19(32)7-9-25(36-14)43-28-16(3)38-27(11-20(28)33)40-21-8-10-24(37-15(21)2)41-22-12-26(34-6)42-23(13-35-17(4)30)29(22)39-18(5)31/h14-16,19-29,32-33H,7-13H2,1-6H3. The molecular formula is C29H48O14. The second kappa shape index (κ2) is 15.7. The highest BCUT2D eigenvalue weighted by atomic mass is 16.7. The Morgan fingerprint density at radius 2 is 1.33 bits per heavy atom. The third kappa shape index (κ3) is 9.52. The molecule has 4 saturated heterocycles. The Labute approximate surface area is 252 Å². The number of aliphatic hydroxyl groups excluding tert-OH is 2. The number of rotatable bonds is 10. The van der Waals surface area contributed by atoms with E-state index < -0.39 is 79.8 Å². The van der Waals surface area contributed by atoms with Crippen molar-refractivity contribution in [3.63, 3.8) is 0 Å². The highest BCUT2D eigenvalue weighted by molar-refractivity contribution is 5.66. The molecule has 14 atom stereocenters. The summed E-state index contributed by atoms with van der Waals surface area (Å²) in [6.07, 6.45) is -5.39. The molecule has 0 saturated carbocycles. The molecule has 14 heteroatoms. The van der Waals surface area contributed by atoms with Crippen molar-refractivity contribution in [1.82, 2.24) is 0 Å². The van der Waals surface area contributed by atoms with Gasteiger partial charge in [-0.2, -0.15) is 0 Å². The Bertz CT molecular complexity index is 892. The summed E-state index contributed by atoms with van der Waals surface area (Å²) in [6.45, 7) is 7.94. The van der Waals surface area contributed by atoms with Gasteiger partial charge in [0.15, 0.2) is 31.3 Å². The number of methoxy groups -OCH3 is 1. The summed E-state index contributed by atoms with van der Waals surface area (Å²) < 4.78 is 58.4. The van der Waals surface area contributed by atoms with Crippen LogP contribution in [0.25, 0.3) is 0 Å². The third-order valence-corrected chi connectivity index (χ3v) is 8.29. The number of carbonyl (C=O) groups excluding carboxylic acids is 2. The van der Waals surface area contributed by atoms with Gasteiger partial charge >= 0.3 is 11.9 Å². The predicted molar refractivity (Wildman–Crippen MR) is 145 cm³/mol. The first-order chi connectivity index (χ1) is 20.4. The lowest BCUT2D eigenvalue weighted by atomic mass is 10.00. The van der Waals surface area contributed by atoms with E-state index in [0.29, 0.717) is 25.7 Å². The zero-order valence-corrected chi connectivity index (χ0v) is 25.8. The molecule has 4 aliphatic rings. The zero-order chi connectivity index (χ0) is 31.3. The van der Waals surface area contributed by atoms with Crippen molar-refractivity contribution in [2.45, 2.75) is 159 Å². The second-order valence-corrected chi connectivity index (χ2v) is 11.7. The summed E-state index contributed by atoms with van der Waals surface area (Å²) in [6, 6.07) is 0. The van der Waals surface area contributed by atoms with Gasteiger partial charge in [-0.05, 0) is 33.6 Å². The van der Waals surface area contributed by atoms with Crippen molar-refractivity contribution in [3.8, 4) is 0 Å². The lowest BCUT2D eigenvalue weighted by Crippen LogP contribution is -2.55. The van der Waals surface area contributed by atoms with Crippen LogP contribution in [0.2, 0.25) is 0 Å². The molecule has 14 nitrogen and oxygen atoms in total. The van der Waals surface area contributed by atoms with Gasteiger partial charge in [0.1, 0.15) is 24.9 Å². The van der Waals surface area contributed by atoms with Gasteiger partial charge in [-0.1, -0.05) is 0 Å². The first-order valence-corrected chi connectivity index (χ1v) is 15.2. The molecule has 0 aliphatic carbocycles. The number of hydrogen-bond acceptors (Lipinski definition) is 14. The SMILES string of the molecule is COC1CC(OC2CCC(OC3CC(O)C(OC4CCC(O)C(C)O4)C(C)O3)C(C)O2)C(OC(C)=O)C(COC(C)=O)O1. The van der Waals surface area contributed by atoms with Gasteiger partial charge in [-0.25, -0.2) is 0 Å². The largest absolute Gasteiger partial charge is 0.463 e. The summed E-state index contributed by atoms with van der Waals surface area (Å²) in [5, 5.41) is 20.8. The lowest BCUT2D eigenvalue weighted by Gasteiger charge is -2.44. The quantitative estimate of drug-likeness (QED) is 0.336. The minimum Gasteiger partial charge on any atom is -0.463 e. The molecule has 4 heterocycles. The average Bonchev–Trinajstić information content (AvgIpc) is 2.94. The van der Waals surface area contributed by atoms with E-state index >= 15 is 0 Å². The summed E-state index contributed by atoms with van der Waals surface area (Å²) >= 11 is 0. The van der Waals surface area contributed by atoms with Crippen LogP contribution in [-0.2, 0) is 57.0 Å². The van der Waals surface area contributed by atoms with Crippen LogP contribution in [0.1, 0.15) is 73.1 Å². The molecule has 4 rings (SSSR count). The van der Waals surface area contributed by atoms with Gasteiger partial charge in [0, 0.05) is 46.6 Å². The van der Waals surface area contributed by atoms with Crippen LogP contribution < -0.4 is 0 Å². The number of aliphatic hydroxyl groups is 2. The van der Waals surface area contributed by atoms with Crippen molar-refractivity contribution in [2.75, 3.05) is 13.7 Å². The van der Waals surface area contributed by atoms with Gasteiger partial charge in [-0.15, -0.1) is 0 Å². The monoisotopic (exact) mass is 620 g/mol. The van der Waals surface area contributed by atoms with Crippen LogP contribution in [0.4, 0.5) is 0 Å². The van der Waals surface area contributed by atoms with Gasteiger partial charge < -0.3 is 57.6 Å². The van der Waals surface area contributed by atoms with E-state index in [2.05, 4.69) is 0 Å². The summed E-state index contributed by atoms with van der Waals surface area (Å²) in [7, 11) is 1.49. The van der Waals surface area contributed by atoms with Gasteiger partial charge in [0.2, 0.25) is 0 Å². The third-order valence-electron chi connectivity index (χ3n) is 8.29. The van der Waals surface area contributed by atoms with E-state index in [1.54, 1.807) is 6.92 Å². The Hall–Kier alpha value is -1.46. The zero-order valence-electron chi connectivity index (χ0n) is 25.8. The second-order valence-electron chi connectivity index (χ2n) is 11.7. The van der Waals surface area contributed by atoms with Crippen molar-refractivity contribution in [3.05, 3.63) is 0 Å². The highest BCUT2D eigenvalue weighted by Gasteiger charge is 2.46. The van der Waals surface area contributed by atoms with Crippen LogP contribution in [0.5, 0.6) is 0 Å². The van der Waals surface area contributed by atoms with Crippen LogP contribution in [0.3, 0.4) is 0 Å². The van der Waals surface area contributed by atoms with Crippen molar-refractivity contribution < 1.29 is 67.2 Å². The fourth-order valence-electron chi connectivity index (χ4n) is 5.97. The topological polar surface area (TPSA) is 167 Å². The van der Waals surface area contributed by atoms with Gasteiger partial charge in [0.25, 0.3) is 0 Å². The Kier molecular flexibility index (Phi) is 12.6. The minimum absolute atomic E-state index is 0.127. The number of ether oxygens (including phenoxy) is 10. The molecule has 0 amide bonds. The lowest BCUT2D eigenvalue weighted by molar-refractivity contribution is -0.328. The molecule has 4 fully saturated rings. The molecule has 14 unspecified atom stereocenters. The molecular weight excluding hydrogens is 572 g/mol. The normalized spacial score (nSPS) is 44.0. The van der Waals surface area contributed by atoms with Crippen LogP contribution >= 0.6 is 0 Å². The summed E-state index contributed by atoms with van der Waals surface area (Å²) in [4.78, 5) is 23.3. The fourth-order valence-corrected chi connectivity index (χ4v) is 5.97. The maximum Gasteiger partial charge on any atom is 0.303 e. The molecule has 2 N–H and O–H groups in total. The van der Waals surface area contributed by atoms with Crippen LogP contribution in [-0.4, -0.2) is 122 Å². The molecule has 248 valence electrons. The highest BCUT2D eigenvalue weighted by Crippen LogP contribution is 2.33. The molecule has 0 aromatic heterocycles. The molecule has 0 aromatic rings. The summed E-state index contributed by atoms with van der Waals surface area (Å²) in [5.74, 6) is -1.01. The molecule has 0 aromatic carbocycles. The Morgan fingerprint density at radius 1 is 0.674 bits per heavy atom. The van der Waals surface area contributed by atoms with E-state index in [0.717, 1.165) is 0 Å². The van der Waals surface area contributed by atoms with Crippen molar-refractivity contribution in [2.24, 2.45) is 0 Å². The minimum atomic E-state index is -0.836. The van der Waals surface area contributed by atoms with Crippen LogP contribution in [0.15, 0.2) is 0 Å². The predicted octanol–water partition coefficient (Wildman–Crippen LogP) is 1.30. The molecule has 0 bridgehead atoms. The maximum absolute atomic E-state index is 11.9. The molecule has 4 aliphatic heterocycles. The molecule has 0 radical (unpaired) electrons. The van der Waals surface area contributed by atoms with E-state index in [-0.39, 0.29) is 37.8 Å². The first kappa shape index (κ1) is 34.4. The number of esters is 2. The van der Waals surface area contributed by atoms with E-state index in [4.69, 9.17) is 47.4 Å². The smallest absolute Gasteiger partial charge is 0.303 e. The van der Waals surface area contributed by atoms with Crippen molar-refractivity contribution >= 4 is 11.9 Å². The summed E-state index contributed by atoms with van der Waals surface area (Å²) in [5.41, 5.74) is 0. The van der Waals surface area contributed by atoms with Crippen LogP contribution in [0, 0.1) is 0 Å². The van der Waals surface area contributed by atoms with Gasteiger partial charge in [-0.3, -0.25) is 9.59 Å². The van der Waals surface area contributed by atoms with Crippen molar-refractivity contribution in [1.29, 1.82) is 0 Å². The first-order valence-electron chi connectivity index (χ1n) is 15.2. The average molecular weight is 621 g/mol. The number of carbonyl (C=O) groups is 2. The Morgan fingerprint density at radius 3 is 1.95 bits per heavy atom. The van der Waals surface area contributed by atoms with E-state index in [1.807, 2.05) is 13.8 Å².